The summed E-state index contributed by atoms with van der Waals surface area (Å²) >= 11 is 5.91. The van der Waals surface area contributed by atoms with E-state index in [4.69, 9.17) is 11.6 Å². The molecule has 0 bridgehead atoms. The number of nitrogens with zero attached hydrogens (tertiary/aromatic N) is 1. The fourth-order valence-corrected chi connectivity index (χ4v) is 2.91. The molecule has 0 radical (unpaired) electrons. The molecule has 1 heterocycles. The van der Waals surface area contributed by atoms with Crippen LogP contribution in [0.25, 0.3) is 0 Å². The molecule has 0 aliphatic heterocycles. The van der Waals surface area contributed by atoms with Gasteiger partial charge in [-0.25, -0.2) is 0 Å². The first kappa shape index (κ1) is 13.8. The first-order valence-electron chi connectivity index (χ1n) is 7.14. The van der Waals surface area contributed by atoms with E-state index in [0.29, 0.717) is 11.1 Å². The highest BCUT2D eigenvalue weighted by molar-refractivity contribution is 6.30. The van der Waals surface area contributed by atoms with Crippen molar-refractivity contribution in [2.45, 2.75) is 51.5 Å². The first-order chi connectivity index (χ1) is 8.79. The molecule has 1 fully saturated rings. The lowest BCUT2D eigenvalue weighted by molar-refractivity contribution is 0.389. The van der Waals surface area contributed by atoms with Crippen LogP contribution in [-0.2, 0) is 0 Å². The van der Waals surface area contributed by atoms with Crippen LogP contribution in [0, 0.1) is 5.92 Å². The number of hydrogen-bond donors (Lipinski definition) is 1. The highest BCUT2D eigenvalue weighted by Gasteiger charge is 2.21. The van der Waals surface area contributed by atoms with Crippen LogP contribution in [-0.4, -0.2) is 11.5 Å². The summed E-state index contributed by atoms with van der Waals surface area (Å²) in [7, 11) is 0. The molecule has 2 nitrogen and oxygen atoms in total. The van der Waals surface area contributed by atoms with Crippen molar-refractivity contribution in [1.29, 1.82) is 0 Å². The second kappa shape index (κ2) is 7.10. The van der Waals surface area contributed by atoms with E-state index in [1.165, 1.54) is 32.1 Å². The van der Waals surface area contributed by atoms with Gasteiger partial charge in [0, 0.05) is 12.2 Å². The standard InChI is InChI=1S/C15H23ClN2/c1-2-9-17-15(10-12-5-3-4-6-12)14-8-7-13(16)11-18-14/h7-8,11-12,15,17H,2-6,9-10H2,1H3. The molecule has 1 aromatic heterocycles. The molecular formula is C15H23ClN2. The minimum absolute atomic E-state index is 0.394. The molecular weight excluding hydrogens is 244 g/mol. The van der Waals surface area contributed by atoms with Crippen molar-refractivity contribution in [3.8, 4) is 0 Å². The summed E-state index contributed by atoms with van der Waals surface area (Å²) < 4.78 is 0. The van der Waals surface area contributed by atoms with E-state index in [9.17, 15) is 0 Å². The fourth-order valence-electron chi connectivity index (χ4n) is 2.80. The quantitative estimate of drug-likeness (QED) is 0.828. The van der Waals surface area contributed by atoms with Crippen molar-refractivity contribution >= 4 is 11.6 Å². The maximum atomic E-state index is 5.91. The van der Waals surface area contributed by atoms with Crippen LogP contribution in [0.4, 0.5) is 0 Å². The average molecular weight is 267 g/mol. The van der Waals surface area contributed by atoms with Gasteiger partial charge in [-0.3, -0.25) is 4.98 Å². The van der Waals surface area contributed by atoms with Gasteiger partial charge in [0.05, 0.1) is 10.7 Å². The van der Waals surface area contributed by atoms with Crippen molar-refractivity contribution in [3.63, 3.8) is 0 Å². The molecule has 0 amide bonds. The minimum Gasteiger partial charge on any atom is -0.309 e. The smallest absolute Gasteiger partial charge is 0.0589 e. The topological polar surface area (TPSA) is 24.9 Å². The molecule has 2 rings (SSSR count). The molecule has 100 valence electrons. The maximum Gasteiger partial charge on any atom is 0.0589 e. The molecule has 3 heteroatoms. The van der Waals surface area contributed by atoms with Gasteiger partial charge in [-0.05, 0) is 37.4 Å². The Labute approximate surface area is 115 Å². The largest absolute Gasteiger partial charge is 0.309 e. The zero-order valence-electron chi connectivity index (χ0n) is 11.2. The molecule has 1 aliphatic rings. The van der Waals surface area contributed by atoms with E-state index < -0.39 is 0 Å². The average Bonchev–Trinajstić information content (AvgIpc) is 2.88. The molecule has 18 heavy (non-hydrogen) atoms. The number of pyridine rings is 1. The predicted octanol–water partition coefficient (Wildman–Crippen LogP) is 4.36. The molecule has 1 saturated carbocycles. The third-order valence-electron chi connectivity index (χ3n) is 3.79. The Morgan fingerprint density at radius 1 is 1.39 bits per heavy atom. The summed E-state index contributed by atoms with van der Waals surface area (Å²) in [5.74, 6) is 0.872. The number of aromatic nitrogens is 1. The Balaban J connectivity index is 2.00. The van der Waals surface area contributed by atoms with Gasteiger partial charge in [-0.2, -0.15) is 0 Å². The van der Waals surface area contributed by atoms with E-state index in [1.807, 2.05) is 6.07 Å². The molecule has 1 aromatic rings. The van der Waals surface area contributed by atoms with Crippen molar-refractivity contribution in [2.24, 2.45) is 5.92 Å². The molecule has 0 aromatic carbocycles. The van der Waals surface area contributed by atoms with Gasteiger partial charge in [-0.1, -0.05) is 44.2 Å². The summed E-state index contributed by atoms with van der Waals surface area (Å²) in [6, 6.07) is 4.40. The summed E-state index contributed by atoms with van der Waals surface area (Å²) in [5, 5.41) is 4.34. The Morgan fingerprint density at radius 2 is 2.17 bits per heavy atom. The van der Waals surface area contributed by atoms with Crippen LogP contribution in [0.5, 0.6) is 0 Å². The lowest BCUT2D eigenvalue weighted by atomic mass is 9.96. The fraction of sp³-hybridized carbons (Fsp3) is 0.667. The summed E-state index contributed by atoms with van der Waals surface area (Å²) in [4.78, 5) is 4.48. The van der Waals surface area contributed by atoms with E-state index in [-0.39, 0.29) is 0 Å². The van der Waals surface area contributed by atoms with E-state index in [2.05, 4.69) is 23.3 Å². The SMILES string of the molecule is CCCNC(CC1CCCC1)c1ccc(Cl)cn1. The molecule has 1 aliphatic carbocycles. The zero-order chi connectivity index (χ0) is 12.8. The van der Waals surface area contributed by atoms with Crippen LogP contribution in [0.1, 0.15) is 57.2 Å². The number of rotatable bonds is 6. The van der Waals surface area contributed by atoms with Gasteiger partial charge in [0.2, 0.25) is 0 Å². The van der Waals surface area contributed by atoms with Gasteiger partial charge in [-0.15, -0.1) is 0 Å². The Kier molecular flexibility index (Phi) is 5.45. The van der Waals surface area contributed by atoms with Gasteiger partial charge < -0.3 is 5.32 Å². The van der Waals surface area contributed by atoms with Crippen molar-refractivity contribution in [3.05, 3.63) is 29.0 Å². The Morgan fingerprint density at radius 3 is 2.78 bits per heavy atom. The Bertz CT molecular complexity index is 344. The number of halogens is 1. The second-order valence-corrected chi connectivity index (χ2v) is 5.73. The number of hydrogen-bond acceptors (Lipinski definition) is 2. The highest BCUT2D eigenvalue weighted by Crippen LogP contribution is 2.32. The molecule has 1 N–H and O–H groups in total. The maximum absolute atomic E-state index is 5.91. The van der Waals surface area contributed by atoms with Crippen molar-refractivity contribution in [1.82, 2.24) is 10.3 Å². The van der Waals surface area contributed by atoms with Gasteiger partial charge in [0.15, 0.2) is 0 Å². The van der Waals surface area contributed by atoms with Crippen molar-refractivity contribution in [2.75, 3.05) is 6.54 Å². The van der Waals surface area contributed by atoms with Gasteiger partial charge >= 0.3 is 0 Å². The minimum atomic E-state index is 0.394. The third-order valence-corrected chi connectivity index (χ3v) is 4.02. The Hall–Kier alpha value is -0.600. The van der Waals surface area contributed by atoms with E-state index in [0.717, 1.165) is 24.6 Å². The molecule has 0 saturated heterocycles. The third kappa shape index (κ3) is 3.96. The summed E-state index contributed by atoms with van der Waals surface area (Å²) in [5.41, 5.74) is 1.14. The molecule has 1 unspecified atom stereocenters. The number of nitrogens with one attached hydrogen (secondary N) is 1. The van der Waals surface area contributed by atoms with Crippen molar-refractivity contribution < 1.29 is 0 Å². The predicted molar refractivity (Wildman–Crippen MR) is 76.9 cm³/mol. The van der Waals surface area contributed by atoms with E-state index >= 15 is 0 Å². The van der Waals surface area contributed by atoms with Crippen LogP contribution < -0.4 is 5.32 Å². The lowest BCUT2D eigenvalue weighted by Gasteiger charge is -2.21. The summed E-state index contributed by atoms with van der Waals surface area (Å²) in [6.45, 7) is 3.26. The normalized spacial score (nSPS) is 18.1. The van der Waals surface area contributed by atoms with E-state index in [1.54, 1.807) is 6.20 Å². The van der Waals surface area contributed by atoms with Crippen LogP contribution >= 0.6 is 11.6 Å². The monoisotopic (exact) mass is 266 g/mol. The van der Waals surface area contributed by atoms with Crippen LogP contribution in [0.15, 0.2) is 18.3 Å². The van der Waals surface area contributed by atoms with Crippen LogP contribution in [0.2, 0.25) is 5.02 Å². The molecule has 1 atom stereocenters. The lowest BCUT2D eigenvalue weighted by Crippen LogP contribution is -2.24. The zero-order valence-corrected chi connectivity index (χ0v) is 11.9. The van der Waals surface area contributed by atoms with Gasteiger partial charge in [0.1, 0.15) is 0 Å². The van der Waals surface area contributed by atoms with Gasteiger partial charge in [0.25, 0.3) is 0 Å². The first-order valence-corrected chi connectivity index (χ1v) is 7.52. The van der Waals surface area contributed by atoms with Crippen LogP contribution in [0.3, 0.4) is 0 Å². The highest BCUT2D eigenvalue weighted by atomic mass is 35.5. The molecule has 0 spiro atoms. The second-order valence-electron chi connectivity index (χ2n) is 5.29. The summed E-state index contributed by atoms with van der Waals surface area (Å²) in [6.07, 6.45) is 9.71.